The molecule has 1 aromatic carbocycles. The molecule has 2 heterocycles. The third kappa shape index (κ3) is 5.98. The monoisotopic (exact) mass is 445 g/mol. The average molecular weight is 445 g/mol. The molecule has 0 unspecified atom stereocenters. The second-order valence-electron chi connectivity index (χ2n) is 8.45. The molecule has 3 rings (SSSR count). The first-order chi connectivity index (χ1) is 15.1. The van der Waals surface area contributed by atoms with Gasteiger partial charge in [-0.3, -0.25) is 4.79 Å². The molecule has 1 aromatic heterocycles. The van der Waals surface area contributed by atoms with Crippen LogP contribution in [0.5, 0.6) is 0 Å². The lowest BCUT2D eigenvalue weighted by atomic mass is 10.1. The molecule has 2 N–H and O–H groups in total. The molecule has 0 saturated carbocycles. The van der Waals surface area contributed by atoms with Crippen molar-refractivity contribution in [1.82, 2.24) is 15.2 Å². The first-order valence-electron chi connectivity index (χ1n) is 10.4. The molecule has 1 fully saturated rings. The van der Waals surface area contributed by atoms with Gasteiger partial charge in [0.15, 0.2) is 0 Å². The zero-order valence-corrected chi connectivity index (χ0v) is 18.0. The molecule has 0 spiro atoms. The number of likely N-dealkylation sites (tertiary alicyclic amines) is 1. The molecule has 9 heteroatoms. The predicted octanol–water partition coefficient (Wildman–Crippen LogP) is 4.06. The Bertz CT molecular complexity index is 982. The van der Waals surface area contributed by atoms with E-state index in [1.54, 1.807) is 23.1 Å². The summed E-state index contributed by atoms with van der Waals surface area (Å²) in [5.74, 6) is 0.484. The fourth-order valence-electron chi connectivity index (χ4n) is 3.51. The van der Waals surface area contributed by atoms with E-state index >= 15 is 0 Å². The minimum Gasteiger partial charge on any atom is -0.368 e. The number of alkyl halides is 3. The maximum Gasteiger partial charge on any atom is 0.416 e. The molecule has 0 aliphatic carbocycles. The Labute approximate surface area is 185 Å². The van der Waals surface area contributed by atoms with Gasteiger partial charge in [0.25, 0.3) is 0 Å². The Morgan fingerprint density at radius 3 is 2.59 bits per heavy atom. The number of amides is 1. The number of hydrogen-bond donors (Lipinski definition) is 2. The van der Waals surface area contributed by atoms with E-state index in [4.69, 9.17) is 5.26 Å². The third-order valence-corrected chi connectivity index (χ3v) is 5.41. The third-order valence-electron chi connectivity index (χ3n) is 5.41. The van der Waals surface area contributed by atoms with Crippen LogP contribution in [0, 0.1) is 11.3 Å². The van der Waals surface area contributed by atoms with Crippen LogP contribution in [0.3, 0.4) is 0 Å². The molecule has 0 bridgehead atoms. The van der Waals surface area contributed by atoms with E-state index in [0.29, 0.717) is 36.6 Å². The Morgan fingerprint density at radius 1 is 1.22 bits per heavy atom. The van der Waals surface area contributed by atoms with Crippen LogP contribution in [0.1, 0.15) is 32.3 Å². The van der Waals surface area contributed by atoms with Crippen molar-refractivity contribution in [2.24, 2.45) is 0 Å². The van der Waals surface area contributed by atoms with Gasteiger partial charge >= 0.3 is 6.18 Å². The van der Waals surface area contributed by atoms with E-state index in [0.717, 1.165) is 18.6 Å². The quantitative estimate of drug-likeness (QED) is 0.672. The van der Waals surface area contributed by atoms with Crippen LogP contribution in [0.4, 0.5) is 19.0 Å². The van der Waals surface area contributed by atoms with Crippen molar-refractivity contribution in [2.45, 2.75) is 44.4 Å². The van der Waals surface area contributed by atoms with Gasteiger partial charge in [0, 0.05) is 24.2 Å². The van der Waals surface area contributed by atoms with Crippen LogP contribution in [0.25, 0.3) is 11.3 Å². The minimum atomic E-state index is -4.38. The summed E-state index contributed by atoms with van der Waals surface area (Å²) in [5, 5.41) is 15.6. The number of carbonyl (C=O) groups excluding carboxylic acids is 1. The van der Waals surface area contributed by atoms with Gasteiger partial charge in [-0.1, -0.05) is 18.2 Å². The summed E-state index contributed by atoms with van der Waals surface area (Å²) >= 11 is 0. The van der Waals surface area contributed by atoms with Crippen LogP contribution in [0.2, 0.25) is 0 Å². The lowest BCUT2D eigenvalue weighted by molar-refractivity contribution is -0.137. The normalized spacial score (nSPS) is 16.6. The fourth-order valence-corrected chi connectivity index (χ4v) is 3.51. The Kier molecular flexibility index (Phi) is 7.04. The molecule has 1 saturated heterocycles. The molecule has 1 aliphatic rings. The molecular weight excluding hydrogens is 419 g/mol. The number of nitriles is 1. The predicted molar refractivity (Wildman–Crippen MR) is 116 cm³/mol. The SMILES string of the molecule is CC(C)(CNc1cccc(-c2ccc(C(F)(F)F)cc2)n1)NCC(=O)N1CCC[C@H]1C#N. The Hall–Kier alpha value is -3.12. The van der Waals surface area contributed by atoms with Gasteiger partial charge in [-0.05, 0) is 51.0 Å². The number of hydrogen-bond acceptors (Lipinski definition) is 5. The van der Waals surface area contributed by atoms with E-state index in [9.17, 15) is 18.0 Å². The van der Waals surface area contributed by atoms with Crippen LogP contribution >= 0.6 is 0 Å². The topological polar surface area (TPSA) is 81.1 Å². The van der Waals surface area contributed by atoms with Crippen LogP contribution < -0.4 is 10.6 Å². The number of nitrogens with one attached hydrogen (secondary N) is 2. The van der Waals surface area contributed by atoms with Crippen molar-refractivity contribution in [1.29, 1.82) is 5.26 Å². The Balaban J connectivity index is 1.57. The average Bonchev–Trinajstić information content (AvgIpc) is 3.25. The molecule has 32 heavy (non-hydrogen) atoms. The van der Waals surface area contributed by atoms with Gasteiger partial charge in [-0.25, -0.2) is 4.98 Å². The van der Waals surface area contributed by atoms with Crippen molar-refractivity contribution >= 4 is 11.7 Å². The van der Waals surface area contributed by atoms with Gasteiger partial charge in [-0.2, -0.15) is 18.4 Å². The van der Waals surface area contributed by atoms with E-state index < -0.39 is 17.3 Å². The maximum atomic E-state index is 12.8. The first kappa shape index (κ1) is 23.5. The van der Waals surface area contributed by atoms with E-state index in [1.165, 1.54) is 12.1 Å². The van der Waals surface area contributed by atoms with Gasteiger partial charge in [-0.15, -0.1) is 0 Å². The maximum absolute atomic E-state index is 12.8. The highest BCUT2D eigenvalue weighted by Gasteiger charge is 2.30. The van der Waals surface area contributed by atoms with Crippen LogP contribution in [-0.2, 0) is 11.0 Å². The molecule has 2 aromatic rings. The summed E-state index contributed by atoms with van der Waals surface area (Å²) in [6, 6.07) is 12.0. The summed E-state index contributed by atoms with van der Waals surface area (Å²) in [5.41, 5.74) is 0.000260. The second-order valence-corrected chi connectivity index (χ2v) is 8.45. The van der Waals surface area contributed by atoms with Crippen molar-refractivity contribution < 1.29 is 18.0 Å². The molecule has 1 amide bonds. The number of benzene rings is 1. The molecular formula is C23H26F3N5O. The van der Waals surface area contributed by atoms with Crippen molar-refractivity contribution in [3.05, 3.63) is 48.0 Å². The van der Waals surface area contributed by atoms with Crippen LogP contribution in [-0.4, -0.2) is 47.0 Å². The zero-order chi connectivity index (χ0) is 23.4. The highest BCUT2D eigenvalue weighted by Crippen LogP contribution is 2.30. The van der Waals surface area contributed by atoms with Gasteiger partial charge < -0.3 is 15.5 Å². The van der Waals surface area contributed by atoms with Gasteiger partial charge in [0.05, 0.1) is 23.9 Å². The zero-order valence-electron chi connectivity index (χ0n) is 18.0. The number of nitrogens with zero attached hydrogens (tertiary/aromatic N) is 3. The number of rotatable bonds is 7. The summed E-state index contributed by atoms with van der Waals surface area (Å²) in [4.78, 5) is 18.5. The van der Waals surface area contributed by atoms with Crippen molar-refractivity contribution in [3.8, 4) is 17.3 Å². The summed E-state index contributed by atoms with van der Waals surface area (Å²) in [7, 11) is 0. The smallest absolute Gasteiger partial charge is 0.368 e. The molecule has 170 valence electrons. The minimum absolute atomic E-state index is 0.0930. The lowest BCUT2D eigenvalue weighted by Gasteiger charge is -2.28. The number of aromatic nitrogens is 1. The number of carbonyl (C=O) groups is 1. The molecule has 1 aliphatic heterocycles. The number of halogens is 3. The standard InChI is InChI=1S/C23H26F3N5O/c1-22(2,29-14-21(32)31-12-4-5-18(31)13-27)15-28-20-7-3-6-19(30-20)16-8-10-17(11-9-16)23(24,25)26/h3,6-11,18,29H,4-5,12,14-15H2,1-2H3,(H,28,30)/t18-/m0/s1. The van der Waals surface area contributed by atoms with Crippen LogP contribution in [0.15, 0.2) is 42.5 Å². The second kappa shape index (κ2) is 9.57. The van der Waals surface area contributed by atoms with Gasteiger partial charge in [0.1, 0.15) is 11.9 Å². The first-order valence-corrected chi connectivity index (χ1v) is 10.4. The molecule has 1 atom stereocenters. The van der Waals surface area contributed by atoms with E-state index in [1.807, 2.05) is 13.8 Å². The fraction of sp³-hybridized carbons (Fsp3) is 0.435. The van der Waals surface area contributed by atoms with E-state index in [2.05, 4.69) is 21.7 Å². The molecule has 6 nitrogen and oxygen atoms in total. The summed E-state index contributed by atoms with van der Waals surface area (Å²) in [6.45, 7) is 5.09. The molecule has 0 radical (unpaired) electrons. The highest BCUT2D eigenvalue weighted by atomic mass is 19.4. The lowest BCUT2D eigenvalue weighted by Crippen LogP contribution is -2.50. The van der Waals surface area contributed by atoms with E-state index in [-0.39, 0.29) is 18.5 Å². The van der Waals surface area contributed by atoms with Crippen molar-refractivity contribution in [2.75, 3.05) is 25.0 Å². The Morgan fingerprint density at radius 2 is 1.94 bits per heavy atom. The largest absolute Gasteiger partial charge is 0.416 e. The summed E-state index contributed by atoms with van der Waals surface area (Å²) < 4.78 is 38.3. The number of anilines is 1. The summed E-state index contributed by atoms with van der Waals surface area (Å²) in [6.07, 6.45) is -2.82. The highest BCUT2D eigenvalue weighted by molar-refractivity contribution is 5.79. The number of pyridine rings is 1. The van der Waals surface area contributed by atoms with Gasteiger partial charge in [0.2, 0.25) is 5.91 Å². The van der Waals surface area contributed by atoms with Crippen molar-refractivity contribution in [3.63, 3.8) is 0 Å².